The van der Waals surface area contributed by atoms with Crippen molar-refractivity contribution in [2.75, 3.05) is 12.4 Å². The van der Waals surface area contributed by atoms with Gasteiger partial charge in [-0.25, -0.2) is 9.97 Å². The Hall–Kier alpha value is -3.15. The predicted octanol–water partition coefficient (Wildman–Crippen LogP) is 2.53. The van der Waals surface area contributed by atoms with Gasteiger partial charge in [-0.05, 0) is 36.4 Å². The fourth-order valence-electron chi connectivity index (χ4n) is 1.95. The third-order valence-corrected chi connectivity index (χ3v) is 3.13. The highest BCUT2D eigenvalue weighted by Gasteiger charge is 2.07. The molecule has 0 bridgehead atoms. The van der Waals surface area contributed by atoms with Gasteiger partial charge in [0.25, 0.3) is 5.91 Å². The lowest BCUT2D eigenvalue weighted by Crippen LogP contribution is -2.12. The molecule has 0 atom stereocenters. The molecule has 0 aliphatic heterocycles. The zero-order chi connectivity index (χ0) is 15.4. The summed E-state index contributed by atoms with van der Waals surface area (Å²) < 4.78 is 6.85. The molecule has 1 amide bonds. The molecule has 2 heterocycles. The van der Waals surface area contributed by atoms with E-state index in [1.54, 1.807) is 66.8 Å². The minimum absolute atomic E-state index is 0.213. The van der Waals surface area contributed by atoms with Crippen LogP contribution in [0.3, 0.4) is 0 Å². The number of pyridine rings is 1. The second kappa shape index (κ2) is 6.09. The van der Waals surface area contributed by atoms with Crippen molar-refractivity contribution < 1.29 is 9.53 Å². The first-order valence-electron chi connectivity index (χ1n) is 6.66. The zero-order valence-electron chi connectivity index (χ0n) is 11.9. The first-order valence-corrected chi connectivity index (χ1v) is 6.66. The molecule has 0 fully saturated rings. The molecular weight excluding hydrogens is 280 g/mol. The van der Waals surface area contributed by atoms with Gasteiger partial charge in [-0.15, -0.1) is 0 Å². The Morgan fingerprint density at radius 1 is 1.18 bits per heavy atom. The molecule has 0 radical (unpaired) electrons. The minimum Gasteiger partial charge on any atom is -0.497 e. The van der Waals surface area contributed by atoms with Gasteiger partial charge in [0.15, 0.2) is 0 Å². The SMILES string of the molecule is COc1ccc(NC(=O)c2ccc(-n3ccnc3)nc2)cc1. The minimum atomic E-state index is -0.213. The average Bonchev–Trinajstić information content (AvgIpc) is 3.10. The van der Waals surface area contributed by atoms with E-state index in [9.17, 15) is 4.79 Å². The highest BCUT2D eigenvalue weighted by molar-refractivity contribution is 6.04. The van der Waals surface area contributed by atoms with Crippen LogP contribution in [0.1, 0.15) is 10.4 Å². The molecule has 0 saturated heterocycles. The maximum absolute atomic E-state index is 12.2. The highest BCUT2D eigenvalue weighted by atomic mass is 16.5. The van der Waals surface area contributed by atoms with Crippen molar-refractivity contribution in [2.24, 2.45) is 0 Å². The normalized spacial score (nSPS) is 10.2. The van der Waals surface area contributed by atoms with Crippen LogP contribution in [0.2, 0.25) is 0 Å². The number of aromatic nitrogens is 3. The van der Waals surface area contributed by atoms with Gasteiger partial charge in [0.2, 0.25) is 0 Å². The fraction of sp³-hybridized carbons (Fsp3) is 0.0625. The zero-order valence-corrected chi connectivity index (χ0v) is 11.9. The fourth-order valence-corrected chi connectivity index (χ4v) is 1.95. The molecule has 0 aliphatic rings. The van der Waals surface area contributed by atoms with Gasteiger partial charge in [0, 0.05) is 24.3 Å². The number of rotatable bonds is 4. The Kier molecular flexibility index (Phi) is 3.82. The van der Waals surface area contributed by atoms with Crippen LogP contribution < -0.4 is 10.1 Å². The molecule has 110 valence electrons. The molecule has 1 aromatic carbocycles. The van der Waals surface area contributed by atoms with E-state index in [0.29, 0.717) is 17.1 Å². The number of hydrogen-bond acceptors (Lipinski definition) is 4. The summed E-state index contributed by atoms with van der Waals surface area (Å²) in [6.07, 6.45) is 6.65. The Labute approximate surface area is 127 Å². The lowest BCUT2D eigenvalue weighted by molar-refractivity contribution is 0.102. The molecule has 6 nitrogen and oxygen atoms in total. The molecule has 3 rings (SSSR count). The van der Waals surface area contributed by atoms with Crippen LogP contribution in [0.4, 0.5) is 5.69 Å². The number of carbonyl (C=O) groups is 1. The van der Waals surface area contributed by atoms with Gasteiger partial charge in [0.1, 0.15) is 17.9 Å². The highest BCUT2D eigenvalue weighted by Crippen LogP contribution is 2.16. The van der Waals surface area contributed by atoms with E-state index in [-0.39, 0.29) is 5.91 Å². The van der Waals surface area contributed by atoms with Crippen LogP contribution in [-0.2, 0) is 0 Å². The Morgan fingerprint density at radius 2 is 2.00 bits per heavy atom. The van der Waals surface area contributed by atoms with Gasteiger partial charge in [-0.3, -0.25) is 9.36 Å². The summed E-state index contributed by atoms with van der Waals surface area (Å²) in [5, 5.41) is 2.81. The molecule has 22 heavy (non-hydrogen) atoms. The summed E-state index contributed by atoms with van der Waals surface area (Å²) in [5.74, 6) is 1.23. The molecule has 1 N–H and O–H groups in total. The van der Waals surface area contributed by atoms with Crippen molar-refractivity contribution in [3.8, 4) is 11.6 Å². The van der Waals surface area contributed by atoms with Gasteiger partial charge in [0.05, 0.1) is 12.7 Å². The molecular formula is C16H14N4O2. The standard InChI is InChI=1S/C16H14N4O2/c1-22-14-5-3-13(4-6-14)19-16(21)12-2-7-15(18-10-12)20-9-8-17-11-20/h2-11H,1H3,(H,19,21). The van der Waals surface area contributed by atoms with E-state index in [2.05, 4.69) is 15.3 Å². The maximum atomic E-state index is 12.2. The lowest BCUT2D eigenvalue weighted by atomic mass is 10.2. The van der Waals surface area contributed by atoms with Crippen LogP contribution in [0.25, 0.3) is 5.82 Å². The Balaban J connectivity index is 1.71. The smallest absolute Gasteiger partial charge is 0.257 e. The molecule has 0 aliphatic carbocycles. The lowest BCUT2D eigenvalue weighted by Gasteiger charge is -2.07. The molecule has 3 aromatic rings. The van der Waals surface area contributed by atoms with Crippen molar-refractivity contribution >= 4 is 11.6 Å². The van der Waals surface area contributed by atoms with Crippen LogP contribution in [-0.4, -0.2) is 27.6 Å². The predicted molar refractivity (Wildman–Crippen MR) is 82.3 cm³/mol. The number of ether oxygens (including phenoxy) is 1. The third kappa shape index (κ3) is 2.95. The molecule has 0 spiro atoms. The Morgan fingerprint density at radius 3 is 2.59 bits per heavy atom. The molecule has 6 heteroatoms. The third-order valence-electron chi connectivity index (χ3n) is 3.13. The number of carbonyl (C=O) groups excluding carboxylic acids is 1. The topological polar surface area (TPSA) is 69.0 Å². The van der Waals surface area contributed by atoms with E-state index in [0.717, 1.165) is 5.75 Å². The van der Waals surface area contributed by atoms with E-state index in [1.807, 2.05) is 0 Å². The van der Waals surface area contributed by atoms with Crippen molar-refractivity contribution in [1.82, 2.24) is 14.5 Å². The number of methoxy groups -OCH3 is 1. The Bertz CT molecular complexity index is 750. The monoisotopic (exact) mass is 294 g/mol. The first kappa shape index (κ1) is 13.8. The summed E-state index contributed by atoms with van der Waals surface area (Å²) >= 11 is 0. The average molecular weight is 294 g/mol. The van der Waals surface area contributed by atoms with Crippen molar-refractivity contribution in [3.63, 3.8) is 0 Å². The number of benzene rings is 1. The van der Waals surface area contributed by atoms with Gasteiger partial charge in [-0.1, -0.05) is 0 Å². The van der Waals surface area contributed by atoms with Gasteiger partial charge in [-0.2, -0.15) is 0 Å². The van der Waals surface area contributed by atoms with E-state index in [4.69, 9.17) is 4.74 Å². The van der Waals surface area contributed by atoms with Gasteiger partial charge >= 0.3 is 0 Å². The molecule has 0 saturated carbocycles. The molecule has 0 unspecified atom stereocenters. The summed E-state index contributed by atoms with van der Waals surface area (Å²) in [6, 6.07) is 10.6. The number of imidazole rings is 1. The number of nitrogens with zero attached hydrogens (tertiary/aromatic N) is 3. The van der Waals surface area contributed by atoms with Gasteiger partial charge < -0.3 is 10.1 Å². The largest absolute Gasteiger partial charge is 0.497 e. The van der Waals surface area contributed by atoms with Crippen LogP contribution >= 0.6 is 0 Å². The summed E-state index contributed by atoms with van der Waals surface area (Å²) in [7, 11) is 1.60. The van der Waals surface area contributed by atoms with Crippen molar-refractivity contribution in [3.05, 3.63) is 66.9 Å². The van der Waals surface area contributed by atoms with Crippen LogP contribution in [0.15, 0.2) is 61.3 Å². The molecule has 2 aromatic heterocycles. The summed E-state index contributed by atoms with van der Waals surface area (Å²) in [5.41, 5.74) is 1.18. The first-order chi connectivity index (χ1) is 10.8. The number of amides is 1. The van der Waals surface area contributed by atoms with E-state index in [1.165, 1.54) is 6.20 Å². The number of hydrogen-bond donors (Lipinski definition) is 1. The maximum Gasteiger partial charge on any atom is 0.257 e. The van der Waals surface area contributed by atoms with Crippen molar-refractivity contribution in [1.29, 1.82) is 0 Å². The van der Waals surface area contributed by atoms with E-state index < -0.39 is 0 Å². The number of anilines is 1. The van der Waals surface area contributed by atoms with Crippen LogP contribution in [0, 0.1) is 0 Å². The second-order valence-corrected chi connectivity index (χ2v) is 4.56. The van der Waals surface area contributed by atoms with E-state index >= 15 is 0 Å². The summed E-state index contributed by atoms with van der Waals surface area (Å²) in [4.78, 5) is 20.4. The summed E-state index contributed by atoms with van der Waals surface area (Å²) in [6.45, 7) is 0. The quantitative estimate of drug-likeness (QED) is 0.802. The van der Waals surface area contributed by atoms with Crippen molar-refractivity contribution in [2.45, 2.75) is 0 Å². The second-order valence-electron chi connectivity index (χ2n) is 4.56. The van der Waals surface area contributed by atoms with Crippen LogP contribution in [0.5, 0.6) is 5.75 Å². The number of nitrogens with one attached hydrogen (secondary N) is 1.